The highest BCUT2D eigenvalue weighted by Crippen LogP contribution is 2.43. The van der Waals surface area contributed by atoms with Gasteiger partial charge in [-0.3, -0.25) is 9.59 Å². The summed E-state index contributed by atoms with van der Waals surface area (Å²) >= 11 is 5.99. The van der Waals surface area contributed by atoms with Crippen LogP contribution in [0.4, 0.5) is 0 Å². The normalized spacial score (nSPS) is 20.6. The molecule has 2 heterocycles. The first-order valence-corrected chi connectivity index (χ1v) is 11.5. The summed E-state index contributed by atoms with van der Waals surface area (Å²) < 4.78 is 16.3. The van der Waals surface area contributed by atoms with Gasteiger partial charge in [0.05, 0.1) is 52.1 Å². The molecular formula is C25H28ClN2O6+. The summed E-state index contributed by atoms with van der Waals surface area (Å²) in [6.07, 6.45) is 0. The van der Waals surface area contributed by atoms with Crippen LogP contribution in [0.2, 0.25) is 5.02 Å². The minimum absolute atomic E-state index is 0.0211. The number of Topliss-reactive ketones (excluding diaryl/α,β-unsaturated/α-hetero) is 1. The number of likely N-dealkylation sites (tertiary alicyclic amines) is 1. The van der Waals surface area contributed by atoms with E-state index in [9.17, 15) is 14.7 Å². The Morgan fingerprint density at radius 3 is 2.47 bits per heavy atom. The molecule has 0 aliphatic carbocycles. The lowest BCUT2D eigenvalue weighted by atomic mass is 9.94. The predicted octanol–water partition coefficient (Wildman–Crippen LogP) is 1.69. The summed E-state index contributed by atoms with van der Waals surface area (Å²) in [5.74, 6) is -0.595. The summed E-state index contributed by atoms with van der Waals surface area (Å²) in [7, 11) is 3.06. The van der Waals surface area contributed by atoms with Gasteiger partial charge < -0.3 is 29.1 Å². The molecule has 2 aliphatic heterocycles. The molecule has 9 heteroatoms. The number of ketones is 1. The van der Waals surface area contributed by atoms with Gasteiger partial charge in [0.2, 0.25) is 0 Å². The third kappa shape index (κ3) is 4.75. The van der Waals surface area contributed by atoms with Crippen LogP contribution in [0.25, 0.3) is 5.76 Å². The Balaban J connectivity index is 1.79. The number of hydrogen-bond acceptors (Lipinski definition) is 6. The van der Waals surface area contributed by atoms with Crippen molar-refractivity contribution in [3.63, 3.8) is 0 Å². The fourth-order valence-corrected chi connectivity index (χ4v) is 4.56. The Labute approximate surface area is 203 Å². The number of rotatable bonds is 7. The van der Waals surface area contributed by atoms with Crippen molar-refractivity contribution in [2.75, 3.05) is 53.6 Å². The smallest absolute Gasteiger partial charge is 0.295 e. The molecule has 1 atom stereocenters. The molecule has 34 heavy (non-hydrogen) atoms. The van der Waals surface area contributed by atoms with Gasteiger partial charge in [-0.1, -0.05) is 11.6 Å². The summed E-state index contributed by atoms with van der Waals surface area (Å²) in [6, 6.07) is 10.9. The van der Waals surface area contributed by atoms with Crippen LogP contribution in [0.3, 0.4) is 0 Å². The summed E-state index contributed by atoms with van der Waals surface area (Å²) in [4.78, 5) is 29.2. The molecule has 2 aliphatic rings. The molecule has 0 spiro atoms. The zero-order chi connectivity index (χ0) is 24.2. The second-order valence-electron chi connectivity index (χ2n) is 8.22. The number of hydrogen-bond donors (Lipinski definition) is 2. The van der Waals surface area contributed by atoms with E-state index in [2.05, 4.69) is 0 Å². The number of aliphatic hydroxyl groups is 1. The van der Waals surface area contributed by atoms with Crippen molar-refractivity contribution in [2.45, 2.75) is 6.04 Å². The van der Waals surface area contributed by atoms with Gasteiger partial charge in [-0.05, 0) is 36.4 Å². The van der Waals surface area contributed by atoms with E-state index in [1.165, 1.54) is 16.9 Å². The maximum absolute atomic E-state index is 13.2. The first kappa shape index (κ1) is 24.1. The lowest BCUT2D eigenvalue weighted by Crippen LogP contribution is -3.14. The van der Waals surface area contributed by atoms with Crippen LogP contribution < -0.4 is 14.4 Å². The van der Waals surface area contributed by atoms with Crippen LogP contribution >= 0.6 is 11.6 Å². The number of nitrogens with one attached hydrogen (secondary N) is 1. The van der Waals surface area contributed by atoms with Gasteiger partial charge in [0.25, 0.3) is 11.7 Å². The molecule has 2 aromatic carbocycles. The molecule has 1 amide bonds. The Bertz CT molecular complexity index is 1100. The van der Waals surface area contributed by atoms with Gasteiger partial charge in [0.1, 0.15) is 30.3 Å². The van der Waals surface area contributed by atoms with E-state index in [-0.39, 0.29) is 11.3 Å². The summed E-state index contributed by atoms with van der Waals surface area (Å²) in [6.45, 7) is 4.01. The number of amides is 1. The molecule has 2 fully saturated rings. The average molecular weight is 488 g/mol. The van der Waals surface area contributed by atoms with E-state index in [0.717, 1.165) is 13.1 Å². The third-order valence-electron chi connectivity index (χ3n) is 6.30. The minimum Gasteiger partial charge on any atom is -0.507 e. The largest absolute Gasteiger partial charge is 0.507 e. The second-order valence-corrected chi connectivity index (χ2v) is 8.66. The monoisotopic (exact) mass is 487 g/mol. The Morgan fingerprint density at radius 1 is 1.12 bits per heavy atom. The Kier molecular flexibility index (Phi) is 7.41. The second kappa shape index (κ2) is 10.5. The molecule has 0 aromatic heterocycles. The molecule has 180 valence electrons. The van der Waals surface area contributed by atoms with E-state index in [4.69, 9.17) is 25.8 Å². The lowest BCUT2D eigenvalue weighted by Gasteiger charge is -2.29. The molecule has 2 saturated heterocycles. The van der Waals surface area contributed by atoms with Crippen molar-refractivity contribution in [3.8, 4) is 11.5 Å². The number of carbonyl (C=O) groups excluding carboxylic acids is 2. The van der Waals surface area contributed by atoms with E-state index >= 15 is 0 Å². The minimum atomic E-state index is -0.808. The number of benzene rings is 2. The molecule has 0 radical (unpaired) electrons. The fourth-order valence-electron chi connectivity index (χ4n) is 4.43. The number of nitrogens with zero attached hydrogens (tertiary/aromatic N) is 1. The van der Waals surface area contributed by atoms with Gasteiger partial charge in [-0.25, -0.2) is 0 Å². The number of quaternary nitrogens is 1. The number of methoxy groups -OCH3 is 2. The maximum Gasteiger partial charge on any atom is 0.295 e. The highest BCUT2D eigenvalue weighted by atomic mass is 35.5. The van der Waals surface area contributed by atoms with Gasteiger partial charge in [-0.2, -0.15) is 0 Å². The van der Waals surface area contributed by atoms with Gasteiger partial charge in [0.15, 0.2) is 0 Å². The molecule has 0 unspecified atom stereocenters. The Hall–Kier alpha value is -3.07. The Morgan fingerprint density at radius 2 is 1.82 bits per heavy atom. The van der Waals surface area contributed by atoms with Crippen LogP contribution in [0.5, 0.6) is 11.5 Å². The quantitative estimate of drug-likeness (QED) is 0.351. The van der Waals surface area contributed by atoms with Crippen molar-refractivity contribution in [1.82, 2.24) is 4.90 Å². The number of halogens is 1. The van der Waals surface area contributed by atoms with Crippen LogP contribution in [0.1, 0.15) is 17.2 Å². The van der Waals surface area contributed by atoms with Crippen molar-refractivity contribution in [1.29, 1.82) is 0 Å². The van der Waals surface area contributed by atoms with Crippen LogP contribution in [0.15, 0.2) is 48.0 Å². The highest BCUT2D eigenvalue weighted by Gasteiger charge is 2.47. The molecule has 4 rings (SSSR count). The van der Waals surface area contributed by atoms with E-state index < -0.39 is 17.7 Å². The van der Waals surface area contributed by atoms with Gasteiger partial charge >= 0.3 is 0 Å². The number of morpholine rings is 1. The molecular weight excluding hydrogens is 460 g/mol. The summed E-state index contributed by atoms with van der Waals surface area (Å²) in [5, 5.41) is 11.7. The van der Waals surface area contributed by atoms with Crippen LogP contribution in [-0.2, 0) is 14.3 Å². The lowest BCUT2D eigenvalue weighted by molar-refractivity contribution is -0.907. The molecule has 0 bridgehead atoms. The number of aliphatic hydroxyl groups excluding tert-OH is 1. The maximum atomic E-state index is 13.2. The number of ether oxygens (including phenoxy) is 3. The standard InChI is InChI=1S/C25H27ClN2O6/c1-32-18-7-8-19(20(15-18)33-2)22-21(23(29)16-3-5-17(26)6-4-16)24(30)25(31)28(22)10-9-27-11-13-34-14-12-27/h3-8,15,22,29H,9-14H2,1-2H3/p+1/b23-21-/t22-/m1/s1. The zero-order valence-electron chi connectivity index (χ0n) is 19.2. The predicted molar refractivity (Wildman–Crippen MR) is 126 cm³/mol. The molecule has 0 saturated carbocycles. The summed E-state index contributed by atoms with van der Waals surface area (Å²) in [5.41, 5.74) is 1.02. The van der Waals surface area contributed by atoms with Crippen LogP contribution in [0, 0.1) is 0 Å². The van der Waals surface area contributed by atoms with Crippen molar-refractivity contribution in [3.05, 3.63) is 64.2 Å². The van der Waals surface area contributed by atoms with Crippen molar-refractivity contribution in [2.24, 2.45) is 0 Å². The molecule has 8 nitrogen and oxygen atoms in total. The topological polar surface area (TPSA) is 89.7 Å². The third-order valence-corrected chi connectivity index (χ3v) is 6.55. The molecule has 2 N–H and O–H groups in total. The zero-order valence-corrected chi connectivity index (χ0v) is 19.9. The van der Waals surface area contributed by atoms with Gasteiger partial charge in [0, 0.05) is 22.2 Å². The molecule has 2 aromatic rings. The fraction of sp³-hybridized carbons (Fsp3) is 0.360. The van der Waals surface area contributed by atoms with Crippen LogP contribution in [-0.4, -0.2) is 75.3 Å². The average Bonchev–Trinajstić information content (AvgIpc) is 3.12. The van der Waals surface area contributed by atoms with Crippen molar-refractivity contribution < 1.29 is 33.8 Å². The first-order valence-electron chi connectivity index (χ1n) is 11.1. The highest BCUT2D eigenvalue weighted by molar-refractivity contribution is 6.46. The van der Waals surface area contributed by atoms with Crippen molar-refractivity contribution >= 4 is 29.1 Å². The van der Waals surface area contributed by atoms with Gasteiger partial charge in [-0.15, -0.1) is 0 Å². The SMILES string of the molecule is COc1ccc([C@@H]2/C(=C(/O)c3ccc(Cl)cc3)C(=O)C(=O)N2CC[NH+]2CCOCC2)c(OC)c1. The number of carbonyl (C=O) groups is 2. The van der Waals surface area contributed by atoms with E-state index in [1.807, 2.05) is 0 Å². The van der Waals surface area contributed by atoms with E-state index in [1.54, 1.807) is 49.6 Å². The van der Waals surface area contributed by atoms with E-state index in [0.29, 0.717) is 54.0 Å². The first-order chi connectivity index (χ1) is 16.4.